The third-order valence-corrected chi connectivity index (χ3v) is 19.2. The van der Waals surface area contributed by atoms with E-state index in [4.69, 9.17) is 18.6 Å². The number of aliphatic hydroxyl groups is 1. The molecule has 2 unspecified atom stereocenters. The molecule has 0 bridgehead atoms. The molecule has 2 spiro atoms. The highest BCUT2D eigenvalue weighted by molar-refractivity contribution is 6.74. The zero-order valence-electron chi connectivity index (χ0n) is 28.2. The van der Waals surface area contributed by atoms with Crippen LogP contribution in [0.4, 0.5) is 0 Å². The molecule has 6 atom stereocenters. The molecule has 242 valence electrons. The Hall–Kier alpha value is -0.503. The minimum Gasteiger partial charge on any atom is -0.417 e. The molecular weight excluding hydrogens is 552 g/mol. The number of ether oxygens (including phenoxy) is 3. The lowest BCUT2D eigenvalue weighted by Gasteiger charge is -2.59. The van der Waals surface area contributed by atoms with Crippen LogP contribution in [0.25, 0.3) is 0 Å². The average Bonchev–Trinajstić information content (AvgIpc) is 3.64. The monoisotopic (exact) mass is 612 g/mol. The number of fused-ring (bicyclic) bond motifs is 5. The van der Waals surface area contributed by atoms with Gasteiger partial charge in [0.05, 0.1) is 31.0 Å². The fraction of sp³-hybridized carbons (Fsp3) is 0.892. The molecule has 2 aliphatic heterocycles. The van der Waals surface area contributed by atoms with Crippen molar-refractivity contribution in [1.29, 1.82) is 0 Å². The maximum absolute atomic E-state index is 12.4. The molecule has 1 N–H and O–H groups in total. The van der Waals surface area contributed by atoms with Crippen molar-refractivity contribution < 1.29 is 23.7 Å². The molecule has 7 aliphatic rings. The summed E-state index contributed by atoms with van der Waals surface area (Å²) in [5.74, 6) is 2.50. The number of allylic oxidation sites excluding steroid dienone is 1. The summed E-state index contributed by atoms with van der Waals surface area (Å²) in [6.07, 6.45) is 14.0. The molecular formula is C37H60O5Si. The van der Waals surface area contributed by atoms with Crippen molar-refractivity contribution >= 4 is 8.32 Å². The Morgan fingerprint density at radius 3 is 2.28 bits per heavy atom. The van der Waals surface area contributed by atoms with Gasteiger partial charge in [-0.05, 0) is 129 Å². The van der Waals surface area contributed by atoms with Gasteiger partial charge in [-0.1, -0.05) is 39.8 Å². The van der Waals surface area contributed by atoms with Gasteiger partial charge in [0, 0.05) is 24.9 Å². The summed E-state index contributed by atoms with van der Waals surface area (Å²) in [6.45, 7) is 22.1. The molecule has 0 aromatic rings. The predicted octanol–water partition coefficient (Wildman–Crippen LogP) is 8.33. The van der Waals surface area contributed by atoms with E-state index in [0.717, 1.165) is 51.7 Å². The lowest BCUT2D eigenvalue weighted by Crippen LogP contribution is -2.57. The van der Waals surface area contributed by atoms with E-state index in [2.05, 4.69) is 47.4 Å². The zero-order chi connectivity index (χ0) is 30.5. The molecule has 5 aliphatic carbocycles. The molecule has 7 rings (SSSR count). The van der Waals surface area contributed by atoms with Gasteiger partial charge in [0.25, 0.3) is 0 Å². The molecule has 2 saturated heterocycles. The average molecular weight is 613 g/mol. The topological polar surface area (TPSA) is 57.2 Å². The van der Waals surface area contributed by atoms with E-state index in [9.17, 15) is 5.11 Å². The van der Waals surface area contributed by atoms with E-state index in [-0.39, 0.29) is 16.1 Å². The third-order valence-electron chi connectivity index (χ3n) is 14.7. The first-order valence-corrected chi connectivity index (χ1v) is 20.8. The van der Waals surface area contributed by atoms with Gasteiger partial charge < -0.3 is 23.7 Å². The van der Waals surface area contributed by atoms with Crippen molar-refractivity contribution in [1.82, 2.24) is 0 Å². The van der Waals surface area contributed by atoms with E-state index >= 15 is 0 Å². The smallest absolute Gasteiger partial charge is 0.191 e. The van der Waals surface area contributed by atoms with Crippen LogP contribution in [-0.4, -0.2) is 56.8 Å². The number of hydrogen-bond donors (Lipinski definition) is 1. The van der Waals surface area contributed by atoms with Gasteiger partial charge >= 0.3 is 0 Å². The Morgan fingerprint density at radius 2 is 1.63 bits per heavy atom. The zero-order valence-corrected chi connectivity index (χ0v) is 29.2. The quantitative estimate of drug-likeness (QED) is 0.256. The molecule has 0 amide bonds. The highest BCUT2D eigenvalue weighted by Gasteiger charge is 2.67. The van der Waals surface area contributed by atoms with E-state index in [1.54, 1.807) is 5.57 Å². The van der Waals surface area contributed by atoms with Gasteiger partial charge in [0.15, 0.2) is 14.1 Å². The first-order valence-electron chi connectivity index (χ1n) is 17.9. The van der Waals surface area contributed by atoms with E-state index in [1.165, 1.54) is 49.7 Å². The molecule has 4 saturated carbocycles. The molecule has 5 nitrogen and oxygen atoms in total. The molecule has 0 aromatic carbocycles. The Balaban J connectivity index is 1.18. The Kier molecular flexibility index (Phi) is 7.60. The van der Waals surface area contributed by atoms with Gasteiger partial charge in [-0.25, -0.2) is 0 Å². The summed E-state index contributed by atoms with van der Waals surface area (Å²) in [4.78, 5) is 0. The van der Waals surface area contributed by atoms with E-state index in [1.807, 2.05) is 0 Å². The van der Waals surface area contributed by atoms with Crippen LogP contribution in [0.3, 0.4) is 0 Å². The van der Waals surface area contributed by atoms with Crippen LogP contribution in [0.1, 0.15) is 111 Å². The second kappa shape index (κ2) is 10.5. The second-order valence-corrected chi connectivity index (χ2v) is 22.5. The summed E-state index contributed by atoms with van der Waals surface area (Å²) in [5, 5.41) is 12.7. The Morgan fingerprint density at radius 1 is 0.907 bits per heavy atom. The van der Waals surface area contributed by atoms with Crippen LogP contribution in [0, 0.1) is 35.0 Å². The van der Waals surface area contributed by atoms with Crippen molar-refractivity contribution in [3.63, 3.8) is 0 Å². The summed E-state index contributed by atoms with van der Waals surface area (Å²) in [5.41, 5.74) is 3.66. The van der Waals surface area contributed by atoms with Crippen LogP contribution in [0.15, 0.2) is 23.3 Å². The summed E-state index contributed by atoms with van der Waals surface area (Å²) >= 11 is 0. The molecule has 0 radical (unpaired) electrons. The van der Waals surface area contributed by atoms with Crippen LogP contribution < -0.4 is 0 Å². The first-order chi connectivity index (χ1) is 20.2. The number of hydrogen-bond acceptors (Lipinski definition) is 5. The summed E-state index contributed by atoms with van der Waals surface area (Å²) < 4.78 is 25.9. The molecule has 2 heterocycles. The summed E-state index contributed by atoms with van der Waals surface area (Å²) in [7, 11) is -1.73. The predicted molar refractivity (Wildman–Crippen MR) is 173 cm³/mol. The second-order valence-electron chi connectivity index (χ2n) is 17.6. The Labute approximate surface area is 262 Å². The SMILES string of the molecule is C=C1CCO[C@]12CCC1C3CC[C@@]4(O)CC5(CCC4=C3[C@@H](C3CCC(CO[Si](C)(C)C(C)(C)C)CC3)C[C@@]12C)OCCO5. The van der Waals surface area contributed by atoms with Crippen molar-refractivity contribution in [2.45, 2.75) is 146 Å². The lowest BCUT2D eigenvalue weighted by atomic mass is 9.47. The summed E-state index contributed by atoms with van der Waals surface area (Å²) in [6, 6.07) is 0. The number of rotatable bonds is 4. The van der Waals surface area contributed by atoms with E-state index < -0.39 is 19.7 Å². The first kappa shape index (κ1) is 31.1. The van der Waals surface area contributed by atoms with Crippen LogP contribution in [0.2, 0.25) is 18.1 Å². The maximum Gasteiger partial charge on any atom is 0.191 e. The highest BCUT2D eigenvalue weighted by atomic mass is 28.4. The van der Waals surface area contributed by atoms with Crippen molar-refractivity contribution in [3.8, 4) is 0 Å². The normalized spacial score (nSPS) is 44.6. The van der Waals surface area contributed by atoms with Gasteiger partial charge in [-0.15, -0.1) is 0 Å². The molecule has 6 fully saturated rings. The van der Waals surface area contributed by atoms with Crippen molar-refractivity contribution in [2.24, 2.45) is 35.0 Å². The highest BCUT2D eigenvalue weighted by Crippen LogP contribution is 2.70. The van der Waals surface area contributed by atoms with Gasteiger partial charge in [-0.2, -0.15) is 0 Å². The fourth-order valence-electron chi connectivity index (χ4n) is 11.3. The fourth-order valence-corrected chi connectivity index (χ4v) is 12.3. The van der Waals surface area contributed by atoms with Crippen LogP contribution in [-0.2, 0) is 18.6 Å². The van der Waals surface area contributed by atoms with Crippen molar-refractivity contribution in [2.75, 3.05) is 26.4 Å². The molecule has 6 heteroatoms. The van der Waals surface area contributed by atoms with Gasteiger partial charge in [0.2, 0.25) is 0 Å². The largest absolute Gasteiger partial charge is 0.417 e. The van der Waals surface area contributed by atoms with Gasteiger partial charge in [-0.3, -0.25) is 0 Å². The van der Waals surface area contributed by atoms with Crippen molar-refractivity contribution in [3.05, 3.63) is 23.3 Å². The van der Waals surface area contributed by atoms with E-state index in [0.29, 0.717) is 49.2 Å². The standard InChI is InChI=1S/C37H60O5Si/c1-25-15-19-41-37(25)18-14-30-28-12-16-35(38)24-36(39-20-21-40-36)17-13-31(35)32(28)29(22-34(30,37)5)27-10-8-26(9-11-27)23-42-43(6,7)33(2,3)4/h26-30,38H,1,8-24H2,2-7H3/t26?,27?,28?,29-,30?,34+,35-,37-/m1/s1. The molecule has 43 heavy (non-hydrogen) atoms. The minimum absolute atomic E-state index is 0.130. The van der Waals surface area contributed by atoms with Gasteiger partial charge in [0.1, 0.15) is 0 Å². The minimum atomic E-state index is -1.73. The lowest BCUT2D eigenvalue weighted by molar-refractivity contribution is -0.209. The maximum atomic E-state index is 12.4. The van der Waals surface area contributed by atoms with Crippen LogP contribution in [0.5, 0.6) is 0 Å². The Bertz CT molecular complexity index is 1140. The molecule has 0 aromatic heterocycles. The van der Waals surface area contributed by atoms with Crippen LogP contribution >= 0.6 is 0 Å². The third kappa shape index (κ3) is 4.77.